The Morgan fingerprint density at radius 1 is 1.00 bits per heavy atom. The van der Waals surface area contributed by atoms with Gasteiger partial charge in [0.15, 0.2) is 11.6 Å². The number of halogens is 2. The number of amides is 1. The fraction of sp³-hybridized carbons (Fsp3) is 0.125. The number of benzene rings is 2. The number of aromatic amines is 2. The summed E-state index contributed by atoms with van der Waals surface area (Å²) in [6.07, 6.45) is 0.430. The number of anilines is 1. The standard InChI is InChI=1S/C16H13F2N3O2/c17-11-4-1-9(7-12(11)18)2-6-15(22)19-10-3-5-13-14(8-10)21-16(23)20-13/h1,3-5,7-8H,2,6H2,(H,19,22)(H2,20,21,23). The molecule has 118 valence electrons. The molecule has 0 aliphatic heterocycles. The molecule has 0 saturated carbocycles. The lowest BCUT2D eigenvalue weighted by Crippen LogP contribution is -2.12. The summed E-state index contributed by atoms with van der Waals surface area (Å²) in [7, 11) is 0. The predicted molar refractivity (Wildman–Crippen MR) is 82.2 cm³/mol. The first-order chi connectivity index (χ1) is 11.0. The monoisotopic (exact) mass is 317 g/mol. The van der Waals surface area contributed by atoms with Gasteiger partial charge in [0.2, 0.25) is 5.91 Å². The highest BCUT2D eigenvalue weighted by atomic mass is 19.2. The maximum Gasteiger partial charge on any atom is 0.323 e. The molecular weight excluding hydrogens is 304 g/mol. The molecule has 0 radical (unpaired) electrons. The minimum Gasteiger partial charge on any atom is -0.326 e. The number of H-pyrrole nitrogens is 2. The number of carbonyl (C=O) groups excluding carboxylic acids is 1. The van der Waals surface area contributed by atoms with Crippen molar-refractivity contribution in [2.45, 2.75) is 12.8 Å². The van der Waals surface area contributed by atoms with Crippen LogP contribution in [0, 0.1) is 11.6 Å². The SMILES string of the molecule is O=C(CCc1ccc(F)c(F)c1)Nc1ccc2[nH]c(=O)[nH]c2c1. The zero-order valence-corrected chi connectivity index (χ0v) is 12.0. The molecule has 0 aliphatic rings. The van der Waals surface area contributed by atoms with E-state index in [9.17, 15) is 18.4 Å². The van der Waals surface area contributed by atoms with Gasteiger partial charge in [0.1, 0.15) is 0 Å². The molecule has 5 nitrogen and oxygen atoms in total. The van der Waals surface area contributed by atoms with Gasteiger partial charge in [-0.2, -0.15) is 0 Å². The lowest BCUT2D eigenvalue weighted by molar-refractivity contribution is -0.116. The molecule has 1 heterocycles. The fourth-order valence-corrected chi connectivity index (χ4v) is 2.29. The molecule has 3 aromatic rings. The van der Waals surface area contributed by atoms with E-state index in [0.29, 0.717) is 28.7 Å². The molecule has 3 rings (SSSR count). The van der Waals surface area contributed by atoms with E-state index in [1.807, 2.05) is 0 Å². The average Bonchev–Trinajstić information content (AvgIpc) is 2.88. The Balaban J connectivity index is 1.63. The predicted octanol–water partition coefficient (Wildman–Crippen LogP) is 2.71. The van der Waals surface area contributed by atoms with Crippen molar-refractivity contribution in [1.82, 2.24) is 9.97 Å². The van der Waals surface area contributed by atoms with Gasteiger partial charge >= 0.3 is 5.69 Å². The normalized spacial score (nSPS) is 10.9. The minimum absolute atomic E-state index is 0.132. The van der Waals surface area contributed by atoms with Crippen LogP contribution in [0.3, 0.4) is 0 Å². The van der Waals surface area contributed by atoms with Crippen LogP contribution in [0.15, 0.2) is 41.2 Å². The first kappa shape index (κ1) is 15.0. The lowest BCUT2D eigenvalue weighted by Gasteiger charge is -2.06. The molecule has 1 aromatic heterocycles. The Kier molecular flexibility index (Phi) is 3.92. The number of hydrogen-bond donors (Lipinski definition) is 3. The van der Waals surface area contributed by atoms with Crippen LogP contribution in [-0.4, -0.2) is 15.9 Å². The summed E-state index contributed by atoms with van der Waals surface area (Å²) in [6, 6.07) is 8.56. The molecule has 0 spiro atoms. The van der Waals surface area contributed by atoms with Crippen LogP contribution in [0.1, 0.15) is 12.0 Å². The van der Waals surface area contributed by atoms with Crippen molar-refractivity contribution in [2.75, 3.05) is 5.32 Å². The summed E-state index contributed by atoms with van der Waals surface area (Å²) in [4.78, 5) is 28.3. The van der Waals surface area contributed by atoms with Crippen LogP contribution >= 0.6 is 0 Å². The molecule has 23 heavy (non-hydrogen) atoms. The maximum atomic E-state index is 13.1. The number of fused-ring (bicyclic) bond motifs is 1. The number of imidazole rings is 1. The first-order valence-electron chi connectivity index (χ1n) is 6.97. The van der Waals surface area contributed by atoms with E-state index >= 15 is 0 Å². The van der Waals surface area contributed by atoms with Crippen molar-refractivity contribution in [1.29, 1.82) is 0 Å². The van der Waals surface area contributed by atoms with Gasteiger partial charge in [0.05, 0.1) is 11.0 Å². The fourth-order valence-electron chi connectivity index (χ4n) is 2.29. The maximum absolute atomic E-state index is 13.1. The van der Waals surface area contributed by atoms with Gasteiger partial charge in [-0.3, -0.25) is 4.79 Å². The first-order valence-corrected chi connectivity index (χ1v) is 6.97. The second-order valence-electron chi connectivity index (χ2n) is 5.14. The van der Waals surface area contributed by atoms with Gasteiger partial charge in [-0.15, -0.1) is 0 Å². The largest absolute Gasteiger partial charge is 0.326 e. The highest BCUT2D eigenvalue weighted by Crippen LogP contribution is 2.15. The number of rotatable bonds is 4. The summed E-state index contributed by atoms with van der Waals surface area (Å²) in [5, 5.41) is 2.70. The Morgan fingerprint density at radius 3 is 2.57 bits per heavy atom. The van der Waals surface area contributed by atoms with Gasteiger partial charge in [-0.05, 0) is 42.3 Å². The van der Waals surface area contributed by atoms with Crippen LogP contribution in [0.25, 0.3) is 11.0 Å². The zero-order valence-electron chi connectivity index (χ0n) is 12.0. The molecule has 1 amide bonds. The average molecular weight is 317 g/mol. The van der Waals surface area contributed by atoms with Crippen LogP contribution in [0.5, 0.6) is 0 Å². The number of carbonyl (C=O) groups is 1. The second-order valence-corrected chi connectivity index (χ2v) is 5.14. The van der Waals surface area contributed by atoms with Crippen molar-refractivity contribution in [3.05, 3.63) is 64.1 Å². The molecule has 0 aliphatic carbocycles. The zero-order chi connectivity index (χ0) is 16.4. The lowest BCUT2D eigenvalue weighted by atomic mass is 10.1. The van der Waals surface area contributed by atoms with Gasteiger partial charge in [-0.25, -0.2) is 13.6 Å². The van der Waals surface area contributed by atoms with Gasteiger partial charge in [0, 0.05) is 12.1 Å². The number of nitrogens with one attached hydrogen (secondary N) is 3. The number of aryl methyl sites for hydroxylation is 1. The summed E-state index contributed by atoms with van der Waals surface area (Å²) >= 11 is 0. The third kappa shape index (κ3) is 3.45. The van der Waals surface area contributed by atoms with E-state index in [1.54, 1.807) is 18.2 Å². The molecule has 2 aromatic carbocycles. The second kappa shape index (κ2) is 6.04. The van der Waals surface area contributed by atoms with Crippen LogP contribution in [-0.2, 0) is 11.2 Å². The highest BCUT2D eigenvalue weighted by Gasteiger charge is 2.07. The molecule has 7 heteroatoms. The number of hydrogen-bond acceptors (Lipinski definition) is 2. The molecule has 0 unspecified atom stereocenters. The highest BCUT2D eigenvalue weighted by molar-refractivity contribution is 5.93. The Morgan fingerprint density at radius 2 is 1.78 bits per heavy atom. The quantitative estimate of drug-likeness (QED) is 0.692. The summed E-state index contributed by atoms with van der Waals surface area (Å²) in [6.45, 7) is 0. The third-order valence-electron chi connectivity index (χ3n) is 3.42. The number of aromatic nitrogens is 2. The van der Waals surface area contributed by atoms with Gasteiger partial charge in [-0.1, -0.05) is 6.07 Å². The van der Waals surface area contributed by atoms with Crippen molar-refractivity contribution in [2.24, 2.45) is 0 Å². The molecule has 0 fully saturated rings. The molecule has 3 N–H and O–H groups in total. The van der Waals surface area contributed by atoms with E-state index in [-0.39, 0.29) is 18.0 Å². The Labute approximate surface area is 129 Å². The summed E-state index contributed by atoms with van der Waals surface area (Å²) < 4.78 is 25.9. The van der Waals surface area contributed by atoms with Crippen molar-refractivity contribution < 1.29 is 13.6 Å². The van der Waals surface area contributed by atoms with Crippen molar-refractivity contribution in [3.63, 3.8) is 0 Å². The van der Waals surface area contributed by atoms with E-state index in [0.717, 1.165) is 12.1 Å². The van der Waals surface area contributed by atoms with Gasteiger partial charge < -0.3 is 15.3 Å². The smallest absolute Gasteiger partial charge is 0.323 e. The van der Waals surface area contributed by atoms with Crippen molar-refractivity contribution >= 4 is 22.6 Å². The van der Waals surface area contributed by atoms with E-state index in [2.05, 4.69) is 15.3 Å². The van der Waals surface area contributed by atoms with Crippen LogP contribution in [0.2, 0.25) is 0 Å². The van der Waals surface area contributed by atoms with Crippen molar-refractivity contribution in [3.8, 4) is 0 Å². The topological polar surface area (TPSA) is 77.8 Å². The summed E-state index contributed by atoms with van der Waals surface area (Å²) in [5.74, 6) is -2.09. The molecule has 0 atom stereocenters. The third-order valence-corrected chi connectivity index (χ3v) is 3.42. The van der Waals surface area contributed by atoms with Crippen LogP contribution in [0.4, 0.5) is 14.5 Å². The van der Waals surface area contributed by atoms with E-state index < -0.39 is 11.6 Å². The van der Waals surface area contributed by atoms with E-state index in [1.165, 1.54) is 6.07 Å². The van der Waals surface area contributed by atoms with E-state index in [4.69, 9.17) is 0 Å². The Hall–Kier alpha value is -2.96. The summed E-state index contributed by atoms with van der Waals surface area (Å²) in [5.41, 5.74) is 2.01. The molecule has 0 saturated heterocycles. The van der Waals surface area contributed by atoms with Gasteiger partial charge in [0.25, 0.3) is 0 Å². The minimum atomic E-state index is -0.926. The Bertz CT molecular complexity index is 930. The molecule has 0 bridgehead atoms. The van der Waals surface area contributed by atoms with Crippen LogP contribution < -0.4 is 11.0 Å². The molecular formula is C16H13F2N3O2.